The predicted octanol–water partition coefficient (Wildman–Crippen LogP) is 1.84. The van der Waals surface area contributed by atoms with Crippen LogP contribution in [0.15, 0.2) is 18.2 Å². The molecule has 2 unspecified atom stereocenters. The molecule has 1 N–H and O–H groups in total. The van der Waals surface area contributed by atoms with Gasteiger partial charge in [0.2, 0.25) is 0 Å². The highest BCUT2D eigenvalue weighted by Crippen LogP contribution is 2.27. The normalized spacial score (nSPS) is 27.9. The van der Waals surface area contributed by atoms with Gasteiger partial charge in [-0.2, -0.15) is 5.26 Å². The first kappa shape index (κ1) is 14.2. The second kappa shape index (κ2) is 5.92. The van der Waals surface area contributed by atoms with E-state index >= 15 is 0 Å². The lowest BCUT2D eigenvalue weighted by Gasteiger charge is -2.39. The maximum atomic E-state index is 13.6. The van der Waals surface area contributed by atoms with E-state index in [2.05, 4.69) is 5.32 Å². The first-order valence-corrected chi connectivity index (χ1v) is 7.20. The summed E-state index contributed by atoms with van der Waals surface area (Å²) >= 11 is 0. The highest BCUT2D eigenvalue weighted by atomic mass is 19.1. The summed E-state index contributed by atoms with van der Waals surface area (Å²) in [4.78, 5) is 12.6. The molecule has 0 amide bonds. The van der Waals surface area contributed by atoms with E-state index in [4.69, 9.17) is 10.00 Å². The largest absolute Gasteiger partial charge is 0.378 e. The van der Waals surface area contributed by atoms with E-state index in [1.54, 1.807) is 0 Å². The molecule has 21 heavy (non-hydrogen) atoms. The van der Waals surface area contributed by atoms with E-state index in [-0.39, 0.29) is 30.2 Å². The average Bonchev–Trinajstić information content (AvgIpc) is 2.48. The van der Waals surface area contributed by atoms with Gasteiger partial charge < -0.3 is 10.1 Å². The lowest BCUT2D eigenvalue weighted by Crippen LogP contribution is -2.55. The quantitative estimate of drug-likeness (QED) is 0.862. The molecule has 2 aliphatic heterocycles. The van der Waals surface area contributed by atoms with Crippen molar-refractivity contribution >= 4 is 5.78 Å². The summed E-state index contributed by atoms with van der Waals surface area (Å²) in [6.07, 6.45) is 1.48. The van der Waals surface area contributed by atoms with Gasteiger partial charge in [0.05, 0.1) is 25.7 Å². The maximum absolute atomic E-state index is 13.6. The summed E-state index contributed by atoms with van der Waals surface area (Å²) in [7, 11) is 0. The number of hydrogen-bond donors (Lipinski definition) is 1. The van der Waals surface area contributed by atoms with Crippen LogP contribution in [0.5, 0.6) is 0 Å². The summed E-state index contributed by atoms with van der Waals surface area (Å²) in [5, 5.41) is 12.2. The molecule has 110 valence electrons. The van der Waals surface area contributed by atoms with Crippen LogP contribution in [0.1, 0.15) is 28.8 Å². The summed E-state index contributed by atoms with van der Waals surface area (Å²) in [6, 6.07) is 6.71. The van der Waals surface area contributed by atoms with Crippen molar-refractivity contribution in [3.63, 3.8) is 0 Å². The van der Waals surface area contributed by atoms with Crippen molar-refractivity contribution in [3.8, 4) is 6.07 Å². The number of morpholine rings is 1. The average molecular weight is 288 g/mol. The molecule has 5 heteroatoms. The molecule has 0 radical (unpaired) electrons. The predicted molar refractivity (Wildman–Crippen MR) is 74.3 cm³/mol. The van der Waals surface area contributed by atoms with E-state index in [1.807, 2.05) is 6.07 Å². The highest BCUT2D eigenvalue weighted by Gasteiger charge is 2.35. The Morgan fingerprint density at radius 2 is 2.10 bits per heavy atom. The number of nitrogens with zero attached hydrogens (tertiary/aromatic N) is 1. The van der Waals surface area contributed by atoms with E-state index < -0.39 is 5.82 Å². The molecule has 0 aliphatic carbocycles. The van der Waals surface area contributed by atoms with Crippen LogP contribution < -0.4 is 5.32 Å². The van der Waals surface area contributed by atoms with Crippen molar-refractivity contribution in [2.45, 2.75) is 31.3 Å². The zero-order chi connectivity index (χ0) is 14.8. The Hall–Kier alpha value is -1.77. The summed E-state index contributed by atoms with van der Waals surface area (Å²) in [5.41, 5.74) is 0.799. The van der Waals surface area contributed by atoms with Crippen LogP contribution in [0, 0.1) is 23.1 Å². The molecule has 2 fully saturated rings. The van der Waals surface area contributed by atoms with Crippen molar-refractivity contribution < 1.29 is 13.9 Å². The van der Waals surface area contributed by atoms with Crippen molar-refractivity contribution in [1.82, 2.24) is 5.32 Å². The number of ketones is 1. The lowest BCUT2D eigenvalue weighted by molar-refractivity contribution is 0.00952. The fourth-order valence-corrected chi connectivity index (χ4v) is 3.24. The van der Waals surface area contributed by atoms with Crippen LogP contribution in [0.25, 0.3) is 0 Å². The van der Waals surface area contributed by atoms with Gasteiger partial charge in [-0.3, -0.25) is 4.79 Å². The standard InChI is InChI=1S/C16H17FN2O2/c17-15-2-1-11(5-10(15)3-4-18)16(20)12-6-13-8-21-9-14(7-12)19-13/h1-2,5,12-14,19H,3,6-9H2. The molecule has 2 heterocycles. The van der Waals surface area contributed by atoms with Gasteiger partial charge in [0.25, 0.3) is 0 Å². The summed E-state index contributed by atoms with van der Waals surface area (Å²) in [6.45, 7) is 1.28. The van der Waals surface area contributed by atoms with Crippen LogP contribution in [-0.2, 0) is 11.2 Å². The van der Waals surface area contributed by atoms with Gasteiger partial charge in [-0.15, -0.1) is 0 Å². The number of carbonyl (C=O) groups is 1. The van der Waals surface area contributed by atoms with E-state index in [0.717, 1.165) is 12.8 Å². The third kappa shape index (κ3) is 2.97. The zero-order valence-electron chi connectivity index (χ0n) is 11.6. The Bertz CT molecular complexity index is 584. The zero-order valence-corrected chi connectivity index (χ0v) is 11.6. The van der Waals surface area contributed by atoms with Crippen molar-refractivity contribution in [2.75, 3.05) is 13.2 Å². The number of rotatable bonds is 3. The van der Waals surface area contributed by atoms with Crippen molar-refractivity contribution in [3.05, 3.63) is 35.1 Å². The molecular formula is C16H17FN2O2. The minimum atomic E-state index is -0.427. The van der Waals surface area contributed by atoms with Crippen molar-refractivity contribution in [1.29, 1.82) is 5.26 Å². The first-order chi connectivity index (χ1) is 10.2. The van der Waals surface area contributed by atoms with Gasteiger partial charge in [0, 0.05) is 29.1 Å². The van der Waals surface area contributed by atoms with Crippen LogP contribution in [-0.4, -0.2) is 31.1 Å². The van der Waals surface area contributed by atoms with E-state index in [0.29, 0.717) is 24.3 Å². The fraction of sp³-hybridized carbons (Fsp3) is 0.500. The Kier molecular flexibility index (Phi) is 4.00. The monoisotopic (exact) mass is 288 g/mol. The number of nitriles is 1. The molecular weight excluding hydrogens is 271 g/mol. The fourth-order valence-electron chi connectivity index (χ4n) is 3.24. The van der Waals surface area contributed by atoms with Crippen LogP contribution in [0.2, 0.25) is 0 Å². The maximum Gasteiger partial charge on any atom is 0.166 e. The van der Waals surface area contributed by atoms with Gasteiger partial charge in [0.15, 0.2) is 5.78 Å². The van der Waals surface area contributed by atoms with Crippen molar-refractivity contribution in [2.24, 2.45) is 5.92 Å². The molecule has 2 bridgehead atoms. The highest BCUT2D eigenvalue weighted by molar-refractivity contribution is 5.98. The number of halogens is 1. The number of carbonyl (C=O) groups excluding carboxylic acids is 1. The first-order valence-electron chi connectivity index (χ1n) is 7.20. The SMILES string of the molecule is N#CCc1cc(C(=O)C2CC3COCC(C2)N3)ccc1F. The number of hydrogen-bond acceptors (Lipinski definition) is 4. The van der Waals surface area contributed by atoms with E-state index in [9.17, 15) is 9.18 Å². The third-order valence-electron chi connectivity index (χ3n) is 4.22. The topological polar surface area (TPSA) is 62.1 Å². The molecule has 3 rings (SSSR count). The Morgan fingerprint density at radius 3 is 2.76 bits per heavy atom. The second-order valence-corrected chi connectivity index (χ2v) is 5.77. The number of fused-ring (bicyclic) bond motifs is 2. The molecule has 0 spiro atoms. The van der Waals surface area contributed by atoms with E-state index in [1.165, 1.54) is 18.2 Å². The van der Waals surface area contributed by atoms with Gasteiger partial charge >= 0.3 is 0 Å². The minimum absolute atomic E-state index is 0.0156. The number of ether oxygens (including phenoxy) is 1. The van der Waals surface area contributed by atoms with Crippen LogP contribution in [0.4, 0.5) is 4.39 Å². The molecule has 2 saturated heterocycles. The number of piperidine rings is 1. The number of nitrogens with one attached hydrogen (secondary N) is 1. The van der Waals surface area contributed by atoms with Gasteiger partial charge in [-0.1, -0.05) is 0 Å². The molecule has 2 aliphatic rings. The molecule has 4 nitrogen and oxygen atoms in total. The molecule has 1 aromatic carbocycles. The lowest BCUT2D eigenvalue weighted by atomic mass is 9.82. The smallest absolute Gasteiger partial charge is 0.166 e. The molecule has 0 aromatic heterocycles. The van der Waals surface area contributed by atoms with Crippen LogP contribution in [0.3, 0.4) is 0 Å². The minimum Gasteiger partial charge on any atom is -0.378 e. The van der Waals surface area contributed by atoms with Crippen LogP contribution >= 0.6 is 0 Å². The second-order valence-electron chi connectivity index (χ2n) is 5.77. The Labute approximate surface area is 122 Å². The third-order valence-corrected chi connectivity index (χ3v) is 4.22. The summed E-state index contributed by atoms with van der Waals surface area (Å²) in [5.74, 6) is -0.429. The summed E-state index contributed by atoms with van der Waals surface area (Å²) < 4.78 is 19.0. The van der Waals surface area contributed by atoms with Gasteiger partial charge in [-0.05, 0) is 31.0 Å². The molecule has 1 aromatic rings. The molecule has 2 atom stereocenters. The van der Waals surface area contributed by atoms with Gasteiger partial charge in [-0.25, -0.2) is 4.39 Å². The van der Waals surface area contributed by atoms with Gasteiger partial charge in [0.1, 0.15) is 5.82 Å². The molecule has 0 saturated carbocycles. The Morgan fingerprint density at radius 1 is 1.38 bits per heavy atom. The number of Topliss-reactive ketones (excluding diaryl/α,β-unsaturated/α-hetero) is 1. The Balaban J connectivity index is 1.79. The number of benzene rings is 1.